The van der Waals surface area contributed by atoms with Gasteiger partial charge in [-0.3, -0.25) is 4.90 Å². The maximum absolute atomic E-state index is 12.2. The van der Waals surface area contributed by atoms with Gasteiger partial charge in [-0.1, -0.05) is 0 Å². The zero-order valence-electron chi connectivity index (χ0n) is 13.2. The number of piperidine rings is 1. The molecule has 3 rings (SSSR count). The fourth-order valence-corrected chi connectivity index (χ4v) is 4.57. The number of hydrogen-bond donors (Lipinski definition) is 1. The lowest BCUT2D eigenvalue weighted by Crippen LogP contribution is -2.38. The molecule has 8 heteroatoms. The van der Waals surface area contributed by atoms with E-state index in [9.17, 15) is 8.42 Å². The maximum atomic E-state index is 12.2. The molecule has 3 heterocycles. The topological polar surface area (TPSA) is 67.2 Å². The Morgan fingerprint density at radius 1 is 1.39 bits per heavy atom. The smallest absolute Gasteiger partial charge is 0.259 e. The lowest BCUT2D eigenvalue weighted by molar-refractivity contribution is 0.178. The molecule has 126 valence electrons. The van der Waals surface area contributed by atoms with Crippen molar-refractivity contribution in [3.05, 3.63) is 34.9 Å². The fourth-order valence-electron chi connectivity index (χ4n) is 2.82. The zero-order chi connectivity index (χ0) is 16.3. The van der Waals surface area contributed by atoms with Crippen LogP contribution in [-0.4, -0.2) is 42.5 Å². The van der Waals surface area contributed by atoms with Gasteiger partial charge in [-0.05, 0) is 54.2 Å². The molecule has 1 aliphatic rings. The van der Waals surface area contributed by atoms with E-state index in [4.69, 9.17) is 0 Å². The molecular weight excluding hydrogens is 332 g/mol. The van der Waals surface area contributed by atoms with Crippen LogP contribution in [0, 0.1) is 5.92 Å². The molecule has 0 unspecified atom stereocenters. The summed E-state index contributed by atoms with van der Waals surface area (Å²) in [5.41, 5.74) is 1.37. The summed E-state index contributed by atoms with van der Waals surface area (Å²) in [6.07, 6.45) is 5.06. The summed E-state index contributed by atoms with van der Waals surface area (Å²) in [6, 6.07) is 2.16. The van der Waals surface area contributed by atoms with Gasteiger partial charge in [-0.25, -0.2) is 18.1 Å². The molecule has 1 aliphatic heterocycles. The molecule has 1 fully saturated rings. The molecule has 0 radical (unpaired) electrons. The Balaban J connectivity index is 1.45. The van der Waals surface area contributed by atoms with Crippen LogP contribution in [0.4, 0.5) is 0 Å². The average molecular weight is 355 g/mol. The number of sulfonamides is 1. The second-order valence-electron chi connectivity index (χ2n) is 6.08. The first-order valence-corrected chi connectivity index (χ1v) is 10.2. The Labute approximate surface area is 141 Å². The third-order valence-corrected chi connectivity index (χ3v) is 6.25. The number of hydrogen-bond acceptors (Lipinski definition) is 5. The second-order valence-corrected chi connectivity index (χ2v) is 8.57. The molecule has 6 nitrogen and oxygen atoms in total. The van der Waals surface area contributed by atoms with Gasteiger partial charge in [0.05, 0.1) is 6.33 Å². The third-order valence-electron chi connectivity index (χ3n) is 4.21. The van der Waals surface area contributed by atoms with E-state index in [1.807, 2.05) is 0 Å². The first kappa shape index (κ1) is 16.6. The Morgan fingerprint density at radius 2 is 2.17 bits per heavy atom. The van der Waals surface area contributed by atoms with Crippen LogP contribution in [0.1, 0.15) is 18.4 Å². The third kappa shape index (κ3) is 4.41. The lowest BCUT2D eigenvalue weighted by atomic mass is 9.97. The molecule has 1 saturated heterocycles. The van der Waals surface area contributed by atoms with Crippen molar-refractivity contribution in [3.8, 4) is 0 Å². The van der Waals surface area contributed by atoms with Crippen LogP contribution < -0.4 is 4.72 Å². The van der Waals surface area contributed by atoms with E-state index in [0.717, 1.165) is 32.5 Å². The van der Waals surface area contributed by atoms with E-state index in [0.29, 0.717) is 12.5 Å². The van der Waals surface area contributed by atoms with Gasteiger partial charge in [0, 0.05) is 26.3 Å². The molecule has 0 aromatic carbocycles. The summed E-state index contributed by atoms with van der Waals surface area (Å²) >= 11 is 1.73. The van der Waals surface area contributed by atoms with Crippen molar-refractivity contribution in [1.29, 1.82) is 0 Å². The van der Waals surface area contributed by atoms with Gasteiger partial charge in [-0.15, -0.1) is 0 Å². The summed E-state index contributed by atoms with van der Waals surface area (Å²) in [6.45, 7) is 3.53. The quantitative estimate of drug-likeness (QED) is 0.857. The summed E-state index contributed by atoms with van der Waals surface area (Å²) < 4.78 is 28.7. The SMILES string of the molecule is Cn1cnc(S(=O)(=O)NCC2CCN(Cc3ccsc3)CC2)c1. The minimum Gasteiger partial charge on any atom is -0.339 e. The van der Waals surface area contributed by atoms with E-state index in [1.165, 1.54) is 18.1 Å². The molecule has 1 N–H and O–H groups in total. The van der Waals surface area contributed by atoms with E-state index >= 15 is 0 Å². The highest BCUT2D eigenvalue weighted by atomic mass is 32.2. The van der Waals surface area contributed by atoms with Gasteiger partial charge in [0.25, 0.3) is 10.0 Å². The van der Waals surface area contributed by atoms with Gasteiger partial charge in [-0.2, -0.15) is 11.3 Å². The Kier molecular flexibility index (Phi) is 5.15. The number of likely N-dealkylation sites (tertiary alicyclic amines) is 1. The van der Waals surface area contributed by atoms with E-state index in [1.54, 1.807) is 23.0 Å². The van der Waals surface area contributed by atoms with Gasteiger partial charge < -0.3 is 4.57 Å². The molecule has 2 aromatic heterocycles. The van der Waals surface area contributed by atoms with Crippen molar-refractivity contribution >= 4 is 21.4 Å². The number of nitrogens with zero attached hydrogens (tertiary/aromatic N) is 3. The Bertz CT molecular complexity index is 717. The van der Waals surface area contributed by atoms with Crippen LogP contribution in [0.2, 0.25) is 0 Å². The van der Waals surface area contributed by atoms with Gasteiger partial charge in [0.1, 0.15) is 0 Å². The predicted molar refractivity (Wildman–Crippen MR) is 90.7 cm³/mol. The van der Waals surface area contributed by atoms with Gasteiger partial charge >= 0.3 is 0 Å². The molecular formula is C15H22N4O2S2. The summed E-state index contributed by atoms with van der Waals surface area (Å²) in [7, 11) is -1.73. The normalized spacial score (nSPS) is 17.6. The monoisotopic (exact) mass is 354 g/mol. The van der Waals surface area contributed by atoms with Crippen molar-refractivity contribution in [2.24, 2.45) is 13.0 Å². The number of imidazole rings is 1. The highest BCUT2D eigenvalue weighted by Gasteiger charge is 2.23. The molecule has 0 bridgehead atoms. The first-order chi connectivity index (χ1) is 11.0. The van der Waals surface area contributed by atoms with Crippen molar-refractivity contribution < 1.29 is 8.42 Å². The molecule has 0 amide bonds. The van der Waals surface area contributed by atoms with Crippen LogP contribution in [0.25, 0.3) is 0 Å². The Hall–Kier alpha value is -1.22. The maximum Gasteiger partial charge on any atom is 0.259 e. The van der Waals surface area contributed by atoms with Crippen LogP contribution in [-0.2, 0) is 23.6 Å². The first-order valence-electron chi connectivity index (χ1n) is 7.74. The Morgan fingerprint density at radius 3 is 2.78 bits per heavy atom. The van der Waals surface area contributed by atoms with Crippen LogP contribution in [0.15, 0.2) is 34.4 Å². The lowest BCUT2D eigenvalue weighted by Gasteiger charge is -2.31. The predicted octanol–water partition coefficient (Wildman–Crippen LogP) is 1.67. The zero-order valence-corrected chi connectivity index (χ0v) is 14.8. The van der Waals surface area contributed by atoms with Crippen molar-refractivity contribution in [2.75, 3.05) is 19.6 Å². The van der Waals surface area contributed by atoms with Crippen LogP contribution in [0.3, 0.4) is 0 Å². The van der Waals surface area contributed by atoms with Crippen molar-refractivity contribution in [1.82, 2.24) is 19.2 Å². The molecule has 0 aliphatic carbocycles. The van der Waals surface area contributed by atoms with Crippen molar-refractivity contribution in [3.63, 3.8) is 0 Å². The summed E-state index contributed by atoms with van der Waals surface area (Å²) in [4.78, 5) is 6.35. The number of aryl methyl sites for hydroxylation is 1. The largest absolute Gasteiger partial charge is 0.339 e. The highest BCUT2D eigenvalue weighted by Crippen LogP contribution is 2.20. The van der Waals surface area contributed by atoms with Gasteiger partial charge in [0.2, 0.25) is 0 Å². The summed E-state index contributed by atoms with van der Waals surface area (Å²) in [5, 5.41) is 4.39. The molecule has 0 spiro atoms. The number of aromatic nitrogens is 2. The van der Waals surface area contributed by atoms with E-state index in [-0.39, 0.29) is 5.03 Å². The van der Waals surface area contributed by atoms with Crippen LogP contribution in [0.5, 0.6) is 0 Å². The average Bonchev–Trinajstić information content (AvgIpc) is 3.18. The van der Waals surface area contributed by atoms with Crippen LogP contribution >= 0.6 is 11.3 Å². The minimum absolute atomic E-state index is 0.0925. The van der Waals surface area contributed by atoms with E-state index in [2.05, 4.69) is 31.4 Å². The molecule has 0 saturated carbocycles. The molecule has 2 aromatic rings. The number of nitrogens with one attached hydrogen (secondary N) is 1. The highest BCUT2D eigenvalue weighted by molar-refractivity contribution is 7.89. The molecule has 23 heavy (non-hydrogen) atoms. The van der Waals surface area contributed by atoms with Crippen molar-refractivity contribution in [2.45, 2.75) is 24.4 Å². The minimum atomic E-state index is -3.49. The fraction of sp³-hybridized carbons (Fsp3) is 0.533. The number of thiophene rings is 1. The van der Waals surface area contributed by atoms with E-state index < -0.39 is 10.0 Å². The molecule has 0 atom stereocenters. The van der Waals surface area contributed by atoms with Gasteiger partial charge in [0.15, 0.2) is 5.03 Å². The number of rotatable bonds is 6. The second kappa shape index (κ2) is 7.12. The summed E-state index contributed by atoms with van der Waals surface area (Å²) in [5.74, 6) is 0.396. The standard InChI is InChI=1S/C15H22N4O2S2/c1-18-10-15(16-12-18)23(20,21)17-8-13-2-5-19(6-3-13)9-14-4-7-22-11-14/h4,7,10-13,17H,2-3,5-6,8-9H2,1H3.